The molecular formula is C27H29BrN2O3. The molecule has 3 aromatic carbocycles. The molecule has 0 radical (unpaired) electrons. The lowest BCUT2D eigenvalue weighted by Crippen LogP contribution is -2.51. The first-order valence-electron chi connectivity index (χ1n) is 10.9. The first-order chi connectivity index (χ1) is 15.9. The number of nitrogens with zero attached hydrogens (tertiary/aromatic N) is 1. The van der Waals surface area contributed by atoms with Crippen molar-refractivity contribution < 1.29 is 14.3 Å². The van der Waals surface area contributed by atoms with E-state index < -0.39 is 6.04 Å². The zero-order valence-corrected chi connectivity index (χ0v) is 20.8. The van der Waals surface area contributed by atoms with Crippen LogP contribution in [-0.4, -0.2) is 36.4 Å². The molecule has 0 spiro atoms. The van der Waals surface area contributed by atoms with Gasteiger partial charge in [0.15, 0.2) is 6.61 Å². The van der Waals surface area contributed by atoms with E-state index in [9.17, 15) is 9.59 Å². The van der Waals surface area contributed by atoms with Gasteiger partial charge in [0.2, 0.25) is 5.91 Å². The lowest BCUT2D eigenvalue weighted by molar-refractivity contribution is -0.142. The van der Waals surface area contributed by atoms with Gasteiger partial charge in [-0.15, -0.1) is 0 Å². The third kappa shape index (κ3) is 6.68. The molecule has 0 saturated carbocycles. The number of ether oxygens (including phenoxy) is 1. The number of likely N-dealkylation sites (N-methyl/N-ethyl adjacent to an activating group) is 1. The fourth-order valence-corrected chi connectivity index (χ4v) is 3.87. The second kappa shape index (κ2) is 11.7. The summed E-state index contributed by atoms with van der Waals surface area (Å²) >= 11 is 3.45. The summed E-state index contributed by atoms with van der Waals surface area (Å²) < 4.78 is 6.85. The maximum atomic E-state index is 13.4. The molecule has 0 aliphatic rings. The molecule has 33 heavy (non-hydrogen) atoms. The minimum Gasteiger partial charge on any atom is -0.483 e. The number of carbonyl (C=O) groups is 2. The van der Waals surface area contributed by atoms with Crippen molar-refractivity contribution in [2.24, 2.45) is 0 Å². The van der Waals surface area contributed by atoms with Crippen LogP contribution in [-0.2, 0) is 22.6 Å². The second-order valence-corrected chi connectivity index (χ2v) is 8.87. The van der Waals surface area contributed by atoms with E-state index in [0.717, 1.165) is 26.7 Å². The first kappa shape index (κ1) is 24.5. The van der Waals surface area contributed by atoms with Crippen LogP contribution in [0.5, 0.6) is 5.75 Å². The molecule has 6 heteroatoms. The molecule has 1 atom stereocenters. The van der Waals surface area contributed by atoms with E-state index in [1.807, 2.05) is 86.6 Å². The number of nitrogens with one attached hydrogen (secondary N) is 1. The van der Waals surface area contributed by atoms with E-state index in [1.165, 1.54) is 0 Å². The van der Waals surface area contributed by atoms with Crippen molar-refractivity contribution in [3.63, 3.8) is 0 Å². The Kier molecular flexibility index (Phi) is 8.66. The lowest BCUT2D eigenvalue weighted by Gasteiger charge is -2.31. The summed E-state index contributed by atoms with van der Waals surface area (Å²) in [6.45, 7) is 4.12. The number of hydrogen-bond donors (Lipinski definition) is 1. The van der Waals surface area contributed by atoms with Crippen LogP contribution < -0.4 is 10.1 Å². The zero-order valence-electron chi connectivity index (χ0n) is 19.2. The average molecular weight is 509 g/mol. The Morgan fingerprint density at radius 1 is 0.939 bits per heavy atom. The molecule has 2 amide bonds. The maximum absolute atomic E-state index is 13.4. The highest BCUT2D eigenvalue weighted by Crippen LogP contribution is 2.22. The molecule has 172 valence electrons. The van der Waals surface area contributed by atoms with Crippen molar-refractivity contribution >= 4 is 27.7 Å². The number of aryl methyl sites for hydroxylation is 1. The summed E-state index contributed by atoms with van der Waals surface area (Å²) in [5, 5.41) is 2.72. The smallest absolute Gasteiger partial charge is 0.261 e. The van der Waals surface area contributed by atoms with Crippen LogP contribution in [0.2, 0.25) is 0 Å². The molecule has 0 aliphatic carbocycles. The predicted octanol–water partition coefficient (Wildman–Crippen LogP) is 4.83. The Morgan fingerprint density at radius 3 is 2.30 bits per heavy atom. The normalized spacial score (nSPS) is 11.5. The third-order valence-corrected chi connectivity index (χ3v) is 6.22. The quantitative estimate of drug-likeness (QED) is 0.450. The van der Waals surface area contributed by atoms with E-state index >= 15 is 0 Å². The molecular weight excluding hydrogens is 480 g/mol. The SMILES string of the molecule is CNC(=O)[C@@H](Cc1ccccc1)N(Cc1ccc(Br)cc1)C(=O)COc1cccc(C)c1C. The number of hydrogen-bond acceptors (Lipinski definition) is 3. The topological polar surface area (TPSA) is 58.6 Å². The van der Waals surface area contributed by atoms with E-state index in [-0.39, 0.29) is 18.4 Å². The predicted molar refractivity (Wildman–Crippen MR) is 134 cm³/mol. The van der Waals surface area contributed by atoms with Crippen LogP contribution in [0.25, 0.3) is 0 Å². The molecule has 3 rings (SSSR count). The summed E-state index contributed by atoms with van der Waals surface area (Å²) in [6, 6.07) is 22.6. The van der Waals surface area contributed by atoms with Gasteiger partial charge in [-0.25, -0.2) is 0 Å². The highest BCUT2D eigenvalue weighted by atomic mass is 79.9. The molecule has 0 aromatic heterocycles. The van der Waals surface area contributed by atoms with Gasteiger partial charge in [0.25, 0.3) is 5.91 Å². The van der Waals surface area contributed by atoms with Gasteiger partial charge in [0.1, 0.15) is 11.8 Å². The average Bonchev–Trinajstić information content (AvgIpc) is 2.83. The Labute approximate surface area is 203 Å². The summed E-state index contributed by atoms with van der Waals surface area (Å²) in [4.78, 5) is 28.0. The van der Waals surface area contributed by atoms with Gasteiger partial charge in [-0.05, 0) is 54.3 Å². The van der Waals surface area contributed by atoms with Crippen molar-refractivity contribution in [1.29, 1.82) is 0 Å². The Balaban J connectivity index is 1.88. The Morgan fingerprint density at radius 2 is 1.64 bits per heavy atom. The van der Waals surface area contributed by atoms with Gasteiger partial charge < -0.3 is 15.0 Å². The fourth-order valence-electron chi connectivity index (χ4n) is 3.61. The van der Waals surface area contributed by atoms with Crippen molar-refractivity contribution in [3.8, 4) is 5.75 Å². The van der Waals surface area contributed by atoms with E-state index in [4.69, 9.17) is 4.74 Å². The van der Waals surface area contributed by atoms with E-state index in [0.29, 0.717) is 18.7 Å². The van der Waals surface area contributed by atoms with Crippen molar-refractivity contribution in [3.05, 3.63) is 99.5 Å². The van der Waals surface area contributed by atoms with Gasteiger partial charge in [0, 0.05) is 24.5 Å². The number of carbonyl (C=O) groups excluding carboxylic acids is 2. The van der Waals surface area contributed by atoms with Crippen LogP contribution >= 0.6 is 15.9 Å². The van der Waals surface area contributed by atoms with Crippen LogP contribution in [0.3, 0.4) is 0 Å². The number of halogens is 1. The van der Waals surface area contributed by atoms with Gasteiger partial charge in [0.05, 0.1) is 0 Å². The van der Waals surface area contributed by atoms with Crippen molar-refractivity contribution in [1.82, 2.24) is 10.2 Å². The molecule has 3 aromatic rings. The molecule has 0 bridgehead atoms. The number of rotatable bonds is 9. The molecule has 1 N–H and O–H groups in total. The van der Waals surface area contributed by atoms with E-state index in [1.54, 1.807) is 11.9 Å². The van der Waals surface area contributed by atoms with Crippen LogP contribution in [0.4, 0.5) is 0 Å². The van der Waals surface area contributed by atoms with Crippen LogP contribution in [0, 0.1) is 13.8 Å². The standard InChI is InChI=1S/C27H29BrN2O3/c1-19-8-7-11-25(20(19)2)33-18-26(31)30(17-22-12-14-23(28)15-13-22)24(27(32)29-3)16-21-9-5-4-6-10-21/h4-15,24H,16-18H2,1-3H3,(H,29,32)/t24-/m1/s1. The van der Waals surface area contributed by atoms with Crippen LogP contribution in [0.1, 0.15) is 22.3 Å². The minimum absolute atomic E-state index is 0.150. The summed E-state index contributed by atoms with van der Waals surface area (Å²) in [6.07, 6.45) is 0.409. The first-order valence-corrected chi connectivity index (χ1v) is 11.7. The molecule has 0 aliphatic heterocycles. The zero-order chi connectivity index (χ0) is 23.8. The van der Waals surface area contributed by atoms with Gasteiger partial charge in [-0.3, -0.25) is 9.59 Å². The highest BCUT2D eigenvalue weighted by Gasteiger charge is 2.30. The lowest BCUT2D eigenvalue weighted by atomic mass is 10.0. The van der Waals surface area contributed by atoms with Crippen molar-refractivity contribution in [2.45, 2.75) is 32.9 Å². The maximum Gasteiger partial charge on any atom is 0.261 e. The molecule has 0 fully saturated rings. The van der Waals surface area contributed by atoms with Crippen LogP contribution in [0.15, 0.2) is 77.3 Å². The molecule has 5 nitrogen and oxygen atoms in total. The molecule has 0 unspecified atom stereocenters. The Hall–Kier alpha value is -3.12. The second-order valence-electron chi connectivity index (χ2n) is 7.95. The molecule has 0 heterocycles. The minimum atomic E-state index is -0.671. The summed E-state index contributed by atoms with van der Waals surface area (Å²) in [5.74, 6) is 0.214. The fraction of sp³-hybridized carbons (Fsp3) is 0.259. The number of benzene rings is 3. The van der Waals surface area contributed by atoms with Gasteiger partial charge >= 0.3 is 0 Å². The third-order valence-electron chi connectivity index (χ3n) is 5.69. The number of amides is 2. The monoisotopic (exact) mass is 508 g/mol. The summed E-state index contributed by atoms with van der Waals surface area (Å²) in [5.41, 5.74) is 4.01. The highest BCUT2D eigenvalue weighted by molar-refractivity contribution is 9.10. The van der Waals surface area contributed by atoms with Gasteiger partial charge in [-0.1, -0.05) is 70.5 Å². The van der Waals surface area contributed by atoms with E-state index in [2.05, 4.69) is 21.2 Å². The molecule has 0 saturated heterocycles. The largest absolute Gasteiger partial charge is 0.483 e. The van der Waals surface area contributed by atoms with Crippen molar-refractivity contribution in [2.75, 3.05) is 13.7 Å². The Bertz CT molecular complexity index is 1080. The summed E-state index contributed by atoms with van der Waals surface area (Å²) in [7, 11) is 1.59. The van der Waals surface area contributed by atoms with Gasteiger partial charge in [-0.2, -0.15) is 0 Å².